The molecule has 1 aliphatic carbocycles. The highest BCUT2D eigenvalue weighted by Crippen LogP contribution is 2.44. The Balaban J connectivity index is 2.76. The van der Waals surface area contributed by atoms with Gasteiger partial charge in [-0.25, -0.2) is 0 Å². The molecule has 74 valence electrons. The van der Waals surface area contributed by atoms with Gasteiger partial charge in [-0.05, 0) is 25.2 Å². The minimum Gasteiger partial charge on any atom is -0.396 e. The summed E-state index contributed by atoms with van der Waals surface area (Å²) < 4.78 is 0. The van der Waals surface area contributed by atoms with E-state index in [1.165, 1.54) is 0 Å². The van der Waals surface area contributed by atoms with Gasteiger partial charge in [0.1, 0.15) is 5.78 Å². The fourth-order valence-electron chi connectivity index (χ4n) is 2.42. The van der Waals surface area contributed by atoms with Crippen LogP contribution >= 0.6 is 0 Å². The lowest BCUT2D eigenvalue weighted by atomic mass is 9.78. The lowest BCUT2D eigenvalue weighted by Crippen LogP contribution is -2.26. The molecular formula is C11H18O2. The van der Waals surface area contributed by atoms with Crippen LogP contribution in [-0.2, 0) is 4.79 Å². The van der Waals surface area contributed by atoms with Crippen LogP contribution in [0.5, 0.6) is 0 Å². The molecule has 0 spiro atoms. The minimum atomic E-state index is -0.282. The Morgan fingerprint density at radius 2 is 2.46 bits per heavy atom. The van der Waals surface area contributed by atoms with E-state index in [0.717, 1.165) is 12.8 Å². The highest BCUT2D eigenvalue weighted by Gasteiger charge is 2.43. The van der Waals surface area contributed by atoms with E-state index in [9.17, 15) is 4.79 Å². The van der Waals surface area contributed by atoms with Gasteiger partial charge in [-0.15, -0.1) is 6.58 Å². The third kappa shape index (κ3) is 1.99. The molecule has 0 aromatic heterocycles. The molecule has 13 heavy (non-hydrogen) atoms. The largest absolute Gasteiger partial charge is 0.396 e. The topological polar surface area (TPSA) is 37.3 Å². The first-order valence-corrected chi connectivity index (χ1v) is 4.89. The molecule has 0 bridgehead atoms. The molecule has 1 aliphatic rings. The quantitative estimate of drug-likeness (QED) is 0.674. The van der Waals surface area contributed by atoms with Crippen LogP contribution in [0.3, 0.4) is 0 Å². The van der Waals surface area contributed by atoms with Crippen LogP contribution in [0.15, 0.2) is 12.7 Å². The second-order valence-corrected chi connectivity index (χ2v) is 4.18. The molecular weight excluding hydrogens is 164 g/mol. The minimum absolute atomic E-state index is 0.103. The molecule has 2 atom stereocenters. The van der Waals surface area contributed by atoms with Gasteiger partial charge in [0.05, 0.1) is 0 Å². The molecule has 1 rings (SSSR count). The maximum atomic E-state index is 11.7. The summed E-state index contributed by atoms with van der Waals surface area (Å²) in [6.07, 6.45) is 4.71. The molecule has 2 unspecified atom stereocenters. The molecule has 1 saturated carbocycles. The Morgan fingerprint density at radius 3 is 2.85 bits per heavy atom. The first-order valence-electron chi connectivity index (χ1n) is 4.89. The summed E-state index contributed by atoms with van der Waals surface area (Å²) in [5, 5.41) is 8.94. The Hall–Kier alpha value is -0.630. The summed E-state index contributed by atoms with van der Waals surface area (Å²) in [5.41, 5.74) is -0.282. The molecule has 0 heterocycles. The fraction of sp³-hybridized carbons (Fsp3) is 0.727. The molecule has 1 fully saturated rings. The van der Waals surface area contributed by atoms with Crippen molar-refractivity contribution < 1.29 is 9.90 Å². The highest BCUT2D eigenvalue weighted by atomic mass is 16.3. The Kier molecular flexibility index (Phi) is 3.26. The molecule has 0 aliphatic heterocycles. The van der Waals surface area contributed by atoms with E-state index >= 15 is 0 Å². The molecule has 0 saturated heterocycles. The number of rotatable bonds is 4. The molecule has 0 radical (unpaired) electrons. The number of ketones is 1. The number of hydrogen-bond acceptors (Lipinski definition) is 2. The number of aliphatic hydroxyl groups is 1. The molecule has 2 heteroatoms. The van der Waals surface area contributed by atoms with Crippen LogP contribution in [0.1, 0.15) is 32.6 Å². The third-order valence-corrected chi connectivity index (χ3v) is 2.99. The van der Waals surface area contributed by atoms with Crippen molar-refractivity contribution in [1.82, 2.24) is 0 Å². The average molecular weight is 182 g/mol. The van der Waals surface area contributed by atoms with Gasteiger partial charge in [-0.3, -0.25) is 4.79 Å². The normalized spacial score (nSPS) is 33.7. The Labute approximate surface area is 79.6 Å². The maximum absolute atomic E-state index is 11.7. The first-order chi connectivity index (χ1) is 6.14. The maximum Gasteiger partial charge on any atom is 0.139 e. The average Bonchev–Trinajstić information content (AvgIpc) is 2.28. The van der Waals surface area contributed by atoms with E-state index in [1.54, 1.807) is 6.08 Å². The van der Waals surface area contributed by atoms with Gasteiger partial charge >= 0.3 is 0 Å². The summed E-state index contributed by atoms with van der Waals surface area (Å²) in [7, 11) is 0. The molecule has 2 nitrogen and oxygen atoms in total. The number of hydrogen-bond donors (Lipinski definition) is 1. The van der Waals surface area contributed by atoms with Crippen molar-refractivity contribution in [2.45, 2.75) is 32.6 Å². The van der Waals surface area contributed by atoms with E-state index in [-0.39, 0.29) is 12.0 Å². The van der Waals surface area contributed by atoms with E-state index in [0.29, 0.717) is 24.5 Å². The zero-order valence-electron chi connectivity index (χ0n) is 8.25. The number of aliphatic hydroxyl groups excluding tert-OH is 1. The number of allylic oxidation sites excluding steroid dienone is 1. The van der Waals surface area contributed by atoms with Crippen molar-refractivity contribution in [2.24, 2.45) is 11.3 Å². The SMILES string of the molecule is C=CCC1(CCO)CC(C)CC1=O. The van der Waals surface area contributed by atoms with Crippen molar-refractivity contribution >= 4 is 5.78 Å². The summed E-state index contributed by atoms with van der Waals surface area (Å²) in [4.78, 5) is 11.7. The second kappa shape index (κ2) is 4.05. The summed E-state index contributed by atoms with van der Waals surface area (Å²) in [6.45, 7) is 5.88. The number of carbonyl (C=O) groups excluding carboxylic acids is 1. The second-order valence-electron chi connectivity index (χ2n) is 4.18. The van der Waals surface area contributed by atoms with Crippen LogP contribution in [0.4, 0.5) is 0 Å². The van der Waals surface area contributed by atoms with Gasteiger partial charge in [-0.1, -0.05) is 13.0 Å². The van der Waals surface area contributed by atoms with Gasteiger partial charge in [0.25, 0.3) is 0 Å². The van der Waals surface area contributed by atoms with Crippen LogP contribution in [0, 0.1) is 11.3 Å². The molecule has 0 amide bonds. The van der Waals surface area contributed by atoms with Gasteiger partial charge in [0.2, 0.25) is 0 Å². The van der Waals surface area contributed by atoms with Crippen LogP contribution < -0.4 is 0 Å². The Bertz CT molecular complexity index is 210. The van der Waals surface area contributed by atoms with Gasteiger partial charge in [-0.2, -0.15) is 0 Å². The third-order valence-electron chi connectivity index (χ3n) is 2.99. The van der Waals surface area contributed by atoms with Crippen LogP contribution in [-0.4, -0.2) is 17.5 Å². The van der Waals surface area contributed by atoms with Gasteiger partial charge in [0, 0.05) is 18.4 Å². The van der Waals surface area contributed by atoms with Gasteiger partial charge in [0.15, 0.2) is 0 Å². The van der Waals surface area contributed by atoms with E-state index < -0.39 is 0 Å². The molecule has 0 aromatic carbocycles. The smallest absolute Gasteiger partial charge is 0.139 e. The predicted molar refractivity (Wildman–Crippen MR) is 52.4 cm³/mol. The van der Waals surface area contributed by atoms with E-state index in [4.69, 9.17) is 5.11 Å². The summed E-state index contributed by atoms with van der Waals surface area (Å²) >= 11 is 0. The van der Waals surface area contributed by atoms with Crippen molar-refractivity contribution in [3.8, 4) is 0 Å². The highest BCUT2D eigenvalue weighted by molar-refractivity contribution is 5.87. The number of Topliss-reactive ketones (excluding diaryl/α,β-unsaturated/α-hetero) is 1. The van der Waals surface area contributed by atoms with E-state index in [2.05, 4.69) is 13.5 Å². The Morgan fingerprint density at radius 1 is 1.77 bits per heavy atom. The fourth-order valence-corrected chi connectivity index (χ4v) is 2.42. The van der Waals surface area contributed by atoms with Crippen LogP contribution in [0.2, 0.25) is 0 Å². The first kappa shape index (κ1) is 10.5. The molecule has 1 N–H and O–H groups in total. The molecule has 0 aromatic rings. The zero-order chi connectivity index (χ0) is 9.90. The predicted octanol–water partition coefficient (Wildman–Crippen LogP) is 1.93. The van der Waals surface area contributed by atoms with Crippen molar-refractivity contribution in [3.63, 3.8) is 0 Å². The van der Waals surface area contributed by atoms with Crippen LogP contribution in [0.25, 0.3) is 0 Å². The monoisotopic (exact) mass is 182 g/mol. The summed E-state index contributed by atoms with van der Waals surface area (Å²) in [6, 6.07) is 0. The number of carbonyl (C=O) groups is 1. The van der Waals surface area contributed by atoms with E-state index in [1.807, 2.05) is 0 Å². The standard InChI is InChI=1S/C11H18O2/c1-3-4-11(5-6-12)8-9(2)7-10(11)13/h3,9,12H,1,4-8H2,2H3. The van der Waals surface area contributed by atoms with Gasteiger partial charge < -0.3 is 5.11 Å². The zero-order valence-corrected chi connectivity index (χ0v) is 8.25. The van der Waals surface area contributed by atoms with Crippen molar-refractivity contribution in [1.29, 1.82) is 0 Å². The van der Waals surface area contributed by atoms with Crippen molar-refractivity contribution in [2.75, 3.05) is 6.61 Å². The van der Waals surface area contributed by atoms with Crippen molar-refractivity contribution in [3.05, 3.63) is 12.7 Å². The lowest BCUT2D eigenvalue weighted by molar-refractivity contribution is -0.126. The lowest BCUT2D eigenvalue weighted by Gasteiger charge is -2.25. The summed E-state index contributed by atoms with van der Waals surface area (Å²) in [5.74, 6) is 0.785.